The van der Waals surface area contributed by atoms with Crippen molar-refractivity contribution in [3.05, 3.63) is 48.3 Å². The molecule has 0 aliphatic carbocycles. The Kier molecular flexibility index (Phi) is 7.99. The third-order valence-corrected chi connectivity index (χ3v) is 6.33. The van der Waals surface area contributed by atoms with Crippen LogP contribution in [0.15, 0.2) is 47.6 Å². The van der Waals surface area contributed by atoms with Crippen molar-refractivity contribution in [2.24, 2.45) is 0 Å². The first-order valence-corrected chi connectivity index (χ1v) is 10.5. The molecule has 2 heterocycles. The van der Waals surface area contributed by atoms with E-state index in [0.717, 1.165) is 13.0 Å². The van der Waals surface area contributed by atoms with E-state index in [1.54, 1.807) is 23.0 Å². The lowest BCUT2D eigenvalue weighted by molar-refractivity contribution is 0.0936. The number of sulfonamides is 1. The van der Waals surface area contributed by atoms with Crippen LogP contribution in [0.5, 0.6) is 0 Å². The van der Waals surface area contributed by atoms with E-state index in [9.17, 15) is 13.2 Å². The van der Waals surface area contributed by atoms with Crippen LogP contribution >= 0.6 is 12.4 Å². The number of hydrogen-bond donors (Lipinski definition) is 2. The highest BCUT2D eigenvalue weighted by Gasteiger charge is 2.25. The van der Waals surface area contributed by atoms with E-state index in [-0.39, 0.29) is 29.3 Å². The van der Waals surface area contributed by atoms with Crippen molar-refractivity contribution in [2.75, 3.05) is 26.2 Å². The molecule has 1 saturated heterocycles. The van der Waals surface area contributed by atoms with E-state index in [2.05, 4.69) is 15.7 Å². The van der Waals surface area contributed by atoms with Gasteiger partial charge in [-0.2, -0.15) is 9.40 Å². The molecular weight excluding hydrogens is 402 g/mol. The van der Waals surface area contributed by atoms with Crippen molar-refractivity contribution in [2.45, 2.75) is 30.8 Å². The van der Waals surface area contributed by atoms with Crippen molar-refractivity contribution in [1.82, 2.24) is 24.7 Å². The average molecular weight is 428 g/mol. The third-order valence-electron chi connectivity index (χ3n) is 4.43. The minimum Gasteiger partial charge on any atom is -0.348 e. The van der Waals surface area contributed by atoms with Gasteiger partial charge in [-0.1, -0.05) is 6.07 Å². The fourth-order valence-electron chi connectivity index (χ4n) is 3.05. The topological polar surface area (TPSA) is 96.3 Å². The Hall–Kier alpha value is -1.94. The van der Waals surface area contributed by atoms with Crippen LogP contribution in [0, 0.1) is 0 Å². The zero-order valence-corrected chi connectivity index (χ0v) is 17.4. The van der Waals surface area contributed by atoms with Crippen LogP contribution in [0.1, 0.15) is 23.7 Å². The molecule has 2 aromatic rings. The fraction of sp³-hybridized carbons (Fsp3) is 0.444. The van der Waals surface area contributed by atoms with Gasteiger partial charge in [0.05, 0.1) is 11.4 Å². The summed E-state index contributed by atoms with van der Waals surface area (Å²) >= 11 is 0. The van der Waals surface area contributed by atoms with E-state index < -0.39 is 10.0 Å². The highest BCUT2D eigenvalue weighted by Crippen LogP contribution is 2.18. The van der Waals surface area contributed by atoms with E-state index in [0.29, 0.717) is 31.7 Å². The van der Waals surface area contributed by atoms with E-state index in [1.807, 2.05) is 19.2 Å². The van der Waals surface area contributed by atoms with Gasteiger partial charge >= 0.3 is 0 Å². The van der Waals surface area contributed by atoms with Gasteiger partial charge in [-0.25, -0.2) is 8.42 Å². The SMILES string of the molecule is CC(Cn1cccn1)NC(=O)c1cccc(S(=O)(=O)N2CCCNCC2)c1.Cl. The molecule has 0 saturated carbocycles. The Morgan fingerprint density at radius 3 is 2.86 bits per heavy atom. The van der Waals surface area contributed by atoms with Crippen LogP contribution in [-0.4, -0.2) is 60.6 Å². The van der Waals surface area contributed by atoms with Crippen LogP contribution in [0.4, 0.5) is 0 Å². The quantitative estimate of drug-likeness (QED) is 0.719. The van der Waals surface area contributed by atoms with Crippen molar-refractivity contribution in [3.63, 3.8) is 0 Å². The van der Waals surface area contributed by atoms with Crippen LogP contribution in [0.25, 0.3) is 0 Å². The second kappa shape index (κ2) is 10.0. The molecule has 1 atom stereocenters. The number of rotatable bonds is 6. The number of carbonyl (C=O) groups is 1. The zero-order chi connectivity index (χ0) is 19.3. The predicted octanol–water partition coefficient (Wildman–Crippen LogP) is 1.11. The van der Waals surface area contributed by atoms with E-state index >= 15 is 0 Å². The molecule has 0 radical (unpaired) electrons. The van der Waals surface area contributed by atoms with Gasteiger partial charge < -0.3 is 10.6 Å². The third kappa shape index (κ3) is 5.54. The summed E-state index contributed by atoms with van der Waals surface area (Å²) in [6.07, 6.45) is 4.28. The summed E-state index contributed by atoms with van der Waals surface area (Å²) in [5.74, 6) is -0.302. The molecule has 0 spiro atoms. The van der Waals surface area contributed by atoms with E-state index in [4.69, 9.17) is 0 Å². The standard InChI is InChI=1S/C18H25N5O3S.ClH/c1-15(14-22-10-4-8-20-22)21-18(24)16-5-2-6-17(13-16)27(25,26)23-11-3-7-19-9-12-23;/h2,4-6,8,10,13,15,19H,3,7,9,11-12,14H2,1H3,(H,21,24);1H. The van der Waals surface area contributed by atoms with Crippen molar-refractivity contribution in [1.29, 1.82) is 0 Å². The van der Waals surface area contributed by atoms with Gasteiger partial charge in [-0.15, -0.1) is 12.4 Å². The Morgan fingerprint density at radius 2 is 2.11 bits per heavy atom. The average Bonchev–Trinajstić information content (AvgIpc) is 3.00. The smallest absolute Gasteiger partial charge is 0.251 e. The van der Waals surface area contributed by atoms with Crippen LogP contribution in [-0.2, 0) is 16.6 Å². The van der Waals surface area contributed by atoms with Gasteiger partial charge in [0.15, 0.2) is 0 Å². The second-order valence-corrected chi connectivity index (χ2v) is 8.58. The maximum atomic E-state index is 12.9. The molecule has 1 amide bonds. The number of nitrogens with zero attached hydrogens (tertiary/aromatic N) is 3. The first-order chi connectivity index (χ1) is 13.0. The normalized spacial score (nSPS) is 16.6. The Labute approximate surface area is 171 Å². The summed E-state index contributed by atoms with van der Waals surface area (Å²) in [6.45, 7) is 4.77. The summed E-state index contributed by atoms with van der Waals surface area (Å²) in [7, 11) is -3.61. The lowest BCUT2D eigenvalue weighted by Crippen LogP contribution is -2.36. The Morgan fingerprint density at radius 1 is 1.29 bits per heavy atom. The first kappa shape index (κ1) is 22.4. The maximum Gasteiger partial charge on any atom is 0.251 e. The first-order valence-electron chi connectivity index (χ1n) is 9.06. The monoisotopic (exact) mass is 427 g/mol. The molecule has 1 aliphatic heterocycles. The second-order valence-electron chi connectivity index (χ2n) is 6.64. The maximum absolute atomic E-state index is 12.9. The zero-order valence-electron chi connectivity index (χ0n) is 15.7. The Balaban J connectivity index is 0.00000280. The minimum atomic E-state index is -3.61. The number of halogens is 1. The molecule has 1 aromatic carbocycles. The minimum absolute atomic E-state index is 0. The van der Waals surface area contributed by atoms with Crippen LogP contribution in [0.3, 0.4) is 0 Å². The molecule has 1 aromatic heterocycles. The number of hydrogen-bond acceptors (Lipinski definition) is 5. The lowest BCUT2D eigenvalue weighted by Gasteiger charge is -2.20. The number of carbonyl (C=O) groups excluding carboxylic acids is 1. The molecule has 8 nitrogen and oxygen atoms in total. The molecule has 3 rings (SSSR count). The summed E-state index contributed by atoms with van der Waals surface area (Å²) < 4.78 is 29.0. The van der Waals surface area contributed by atoms with Crippen molar-refractivity contribution in [3.8, 4) is 0 Å². The molecule has 154 valence electrons. The van der Waals surface area contributed by atoms with Gasteiger partial charge in [0.1, 0.15) is 0 Å². The molecule has 28 heavy (non-hydrogen) atoms. The predicted molar refractivity (Wildman–Crippen MR) is 109 cm³/mol. The van der Waals surface area contributed by atoms with Crippen LogP contribution in [0.2, 0.25) is 0 Å². The van der Waals surface area contributed by atoms with E-state index in [1.165, 1.54) is 16.4 Å². The molecule has 0 bridgehead atoms. The van der Waals surface area contributed by atoms with Gasteiger partial charge in [0, 0.05) is 43.6 Å². The van der Waals surface area contributed by atoms with Gasteiger partial charge in [0.25, 0.3) is 5.91 Å². The summed E-state index contributed by atoms with van der Waals surface area (Å²) in [5, 5.41) is 10.2. The highest BCUT2D eigenvalue weighted by molar-refractivity contribution is 7.89. The molecule has 10 heteroatoms. The molecule has 2 N–H and O–H groups in total. The number of aromatic nitrogens is 2. The van der Waals surface area contributed by atoms with Gasteiger partial charge in [-0.3, -0.25) is 9.48 Å². The summed E-state index contributed by atoms with van der Waals surface area (Å²) in [4.78, 5) is 12.7. The lowest BCUT2D eigenvalue weighted by atomic mass is 10.2. The van der Waals surface area contributed by atoms with Crippen LogP contribution < -0.4 is 10.6 Å². The molecular formula is C18H26ClN5O3S. The largest absolute Gasteiger partial charge is 0.348 e. The van der Waals surface area contributed by atoms with Gasteiger partial charge in [-0.05, 0) is 44.2 Å². The summed E-state index contributed by atoms with van der Waals surface area (Å²) in [6, 6.07) is 7.90. The number of nitrogens with one attached hydrogen (secondary N) is 2. The van der Waals surface area contributed by atoms with Crippen molar-refractivity contribution < 1.29 is 13.2 Å². The van der Waals surface area contributed by atoms with Gasteiger partial charge in [0.2, 0.25) is 10.0 Å². The highest BCUT2D eigenvalue weighted by atomic mass is 35.5. The summed E-state index contributed by atoms with van der Waals surface area (Å²) in [5.41, 5.74) is 0.330. The molecule has 1 aliphatic rings. The molecule has 1 unspecified atom stereocenters. The number of benzene rings is 1. The van der Waals surface area contributed by atoms with Crippen molar-refractivity contribution >= 4 is 28.3 Å². The molecule has 1 fully saturated rings. The Bertz CT molecular complexity index is 865. The fourth-order valence-corrected chi connectivity index (χ4v) is 4.58. The number of amides is 1.